The summed E-state index contributed by atoms with van der Waals surface area (Å²) in [6, 6.07) is 75.0. The average Bonchev–Trinajstić information content (AvgIpc) is 3.98. The summed E-state index contributed by atoms with van der Waals surface area (Å²) in [6.45, 7) is 16.7. The van der Waals surface area contributed by atoms with E-state index in [0.717, 1.165) is 28.0 Å². The minimum atomic E-state index is -0.195. The number of para-hydroxylation sites is 4. The lowest BCUT2D eigenvalue weighted by molar-refractivity contribution is 0.630. The third-order valence-corrected chi connectivity index (χ3v) is 18.4. The predicted octanol–water partition coefficient (Wildman–Crippen LogP) is 18.6. The summed E-state index contributed by atoms with van der Waals surface area (Å²) in [5, 5.41) is 9.85. The molecular weight excluding hydrogens is 921 g/mol. The second-order valence-corrected chi connectivity index (χ2v) is 23.0. The number of allylic oxidation sites excluding steroid dienone is 1. The molecule has 0 radical (unpaired) electrons. The van der Waals surface area contributed by atoms with Crippen molar-refractivity contribution >= 4 is 114 Å². The molecule has 0 saturated heterocycles. The molecule has 0 spiro atoms. The zero-order valence-corrected chi connectivity index (χ0v) is 43.3. The summed E-state index contributed by atoms with van der Waals surface area (Å²) in [5.74, 6) is 0. The van der Waals surface area contributed by atoms with E-state index in [9.17, 15) is 0 Å². The quantitative estimate of drug-likeness (QED) is 0.170. The third kappa shape index (κ3) is 6.46. The van der Waals surface area contributed by atoms with Crippen LogP contribution in [0, 0.1) is 0 Å². The molecule has 0 N–H and O–H groups in total. The third-order valence-electron chi connectivity index (χ3n) is 16.1. The normalized spacial score (nSPS) is 15.0. The van der Waals surface area contributed by atoms with Gasteiger partial charge in [-0.15, -0.1) is 22.7 Å². The molecule has 10 aromatic carbocycles. The van der Waals surface area contributed by atoms with E-state index >= 15 is 0 Å². The van der Waals surface area contributed by atoms with Crippen LogP contribution in [0.25, 0.3) is 85.5 Å². The van der Waals surface area contributed by atoms with E-state index < -0.39 is 0 Å². The molecule has 12 aromatic rings. The minimum absolute atomic E-state index is 0.176. The van der Waals surface area contributed by atoms with Gasteiger partial charge in [0.2, 0.25) is 0 Å². The number of nitrogens with zero attached hydrogens (tertiary/aromatic N) is 2. The first-order valence-corrected chi connectivity index (χ1v) is 27.0. The highest BCUT2D eigenvalue weighted by molar-refractivity contribution is 7.26. The molecule has 2 aliphatic heterocycles. The highest BCUT2D eigenvalue weighted by Gasteiger charge is 2.38. The Morgan fingerprint density at radius 1 is 0.411 bits per heavy atom. The highest BCUT2D eigenvalue weighted by Crippen LogP contribution is 2.53. The highest BCUT2D eigenvalue weighted by atomic mass is 32.1. The van der Waals surface area contributed by atoms with Gasteiger partial charge in [-0.25, -0.2) is 0 Å². The first-order valence-electron chi connectivity index (χ1n) is 25.4. The van der Waals surface area contributed by atoms with Gasteiger partial charge in [-0.1, -0.05) is 168 Å². The summed E-state index contributed by atoms with van der Waals surface area (Å²) in [6.07, 6.45) is 4.74. The van der Waals surface area contributed by atoms with Gasteiger partial charge in [0.25, 0.3) is 0 Å². The van der Waals surface area contributed by atoms with Crippen LogP contribution in [-0.2, 0) is 10.8 Å². The van der Waals surface area contributed by atoms with Crippen molar-refractivity contribution in [2.24, 2.45) is 0 Å². The lowest BCUT2D eigenvalue weighted by atomic mass is 9.73. The van der Waals surface area contributed by atoms with Crippen molar-refractivity contribution in [3.63, 3.8) is 0 Å². The molecule has 73 heavy (non-hydrogen) atoms. The van der Waals surface area contributed by atoms with Crippen molar-refractivity contribution in [2.45, 2.75) is 45.4 Å². The Kier molecular flexibility index (Phi) is 9.74. The number of benzene rings is 10. The Hall–Kier alpha value is -8.02. The van der Waals surface area contributed by atoms with Crippen LogP contribution in [0.4, 0.5) is 28.4 Å². The molecular formula is C69H52N2S2. The maximum atomic E-state index is 5.05. The number of rotatable bonds is 5. The monoisotopic (exact) mass is 972 g/mol. The molecule has 4 heteroatoms. The largest absolute Gasteiger partial charge is 0.310 e. The van der Waals surface area contributed by atoms with E-state index in [0.29, 0.717) is 0 Å². The van der Waals surface area contributed by atoms with E-state index in [1.165, 1.54) is 112 Å². The summed E-state index contributed by atoms with van der Waals surface area (Å²) >= 11 is 3.73. The Morgan fingerprint density at radius 3 is 1.34 bits per heavy atom. The van der Waals surface area contributed by atoms with Gasteiger partial charge in [0.05, 0.1) is 22.7 Å². The Bertz CT molecular complexity index is 4350. The summed E-state index contributed by atoms with van der Waals surface area (Å²) < 4.78 is 5.18. The zero-order chi connectivity index (χ0) is 49.3. The summed E-state index contributed by atoms with van der Waals surface area (Å²) in [7, 11) is 0. The van der Waals surface area contributed by atoms with E-state index in [2.05, 4.69) is 257 Å². The first kappa shape index (κ1) is 43.7. The number of anilines is 5. The van der Waals surface area contributed by atoms with Crippen LogP contribution < -0.4 is 20.2 Å². The van der Waals surface area contributed by atoms with Gasteiger partial charge in [-0.2, -0.15) is 0 Å². The number of fused-ring (bicyclic) bond motifs is 11. The van der Waals surface area contributed by atoms with Gasteiger partial charge in [0, 0.05) is 62.6 Å². The van der Waals surface area contributed by atoms with Crippen molar-refractivity contribution in [1.82, 2.24) is 0 Å². The van der Waals surface area contributed by atoms with Crippen LogP contribution in [0.1, 0.15) is 56.9 Å². The van der Waals surface area contributed by atoms with E-state index in [1.807, 2.05) is 22.7 Å². The molecule has 0 saturated carbocycles. The maximum Gasteiger partial charge on any atom is 0.0502 e. The number of thiophene rings is 2. The van der Waals surface area contributed by atoms with Crippen LogP contribution in [-0.4, -0.2) is 0 Å². The summed E-state index contributed by atoms with van der Waals surface area (Å²) in [4.78, 5) is 4.90. The van der Waals surface area contributed by atoms with E-state index in [-0.39, 0.29) is 10.8 Å². The molecule has 14 rings (SSSR count). The topological polar surface area (TPSA) is 6.48 Å². The fourth-order valence-corrected chi connectivity index (χ4v) is 14.8. The molecule has 4 heterocycles. The van der Waals surface area contributed by atoms with Crippen LogP contribution in [0.15, 0.2) is 212 Å². The van der Waals surface area contributed by atoms with Crippen LogP contribution in [0.5, 0.6) is 0 Å². The van der Waals surface area contributed by atoms with Crippen molar-refractivity contribution in [2.75, 3.05) is 9.80 Å². The SMILES string of the molecule is C=C(/C=c1/c(-c2ccc3sc4ccccc4c3c2)c2ccc(N3c4ccccc4C(C)(C)c4ccccc43)cc2c(-c2ccc3sc4ccccc4c3c2)/c1=C/C)N1c2ccccc2C(C)(C)c2ccccc21. The van der Waals surface area contributed by atoms with Crippen LogP contribution >= 0.6 is 22.7 Å². The lowest BCUT2D eigenvalue weighted by Crippen LogP contribution is -2.34. The Balaban J connectivity index is 1.12. The molecule has 2 aliphatic rings. The van der Waals surface area contributed by atoms with Crippen molar-refractivity contribution in [1.29, 1.82) is 0 Å². The van der Waals surface area contributed by atoms with Gasteiger partial charge >= 0.3 is 0 Å². The molecule has 0 aliphatic carbocycles. The fraction of sp³-hybridized carbons (Fsp3) is 0.101. The molecule has 0 atom stereocenters. The Labute approximate surface area is 434 Å². The number of hydrogen-bond donors (Lipinski definition) is 0. The molecule has 0 unspecified atom stereocenters. The fourth-order valence-electron chi connectivity index (χ4n) is 12.6. The van der Waals surface area contributed by atoms with Crippen LogP contribution in [0.3, 0.4) is 0 Å². The van der Waals surface area contributed by atoms with Crippen LogP contribution in [0.2, 0.25) is 0 Å². The molecule has 2 aromatic heterocycles. The van der Waals surface area contributed by atoms with Crippen molar-refractivity contribution in [3.05, 3.63) is 245 Å². The lowest BCUT2D eigenvalue weighted by Gasteiger charge is -2.42. The van der Waals surface area contributed by atoms with Gasteiger partial charge in [0.1, 0.15) is 0 Å². The second-order valence-electron chi connectivity index (χ2n) is 20.8. The van der Waals surface area contributed by atoms with E-state index in [1.54, 1.807) is 0 Å². The zero-order valence-electron chi connectivity index (χ0n) is 41.6. The van der Waals surface area contributed by atoms with Gasteiger partial charge in [0.15, 0.2) is 0 Å². The number of hydrogen-bond acceptors (Lipinski definition) is 4. The minimum Gasteiger partial charge on any atom is -0.310 e. The second kappa shape index (κ2) is 16.2. The molecule has 0 bridgehead atoms. The Morgan fingerprint density at radius 2 is 0.836 bits per heavy atom. The standard InChI is InChI=1S/C69H52N2S2/c1-7-46-52(38-42(2)70-58-26-14-10-22-54(58)68(3,4)55-23-11-15-27-59(55)70)67(44-33-37-65-51(40-44)48-21-9-19-31-63(48)73-65)49-35-34-45(71-60-28-16-12-24-56(60)69(5,6)57-25-13-17-29-61(57)71)41-53(49)66(46)43-32-36-64-50(39-43)47-20-8-18-30-62(47)72-64/h7-41H,2H2,1,3-6H3/b46-7+,52-38+. The van der Waals surface area contributed by atoms with Crippen molar-refractivity contribution < 1.29 is 0 Å². The molecule has 350 valence electrons. The van der Waals surface area contributed by atoms with Gasteiger partial charge in [-0.3, -0.25) is 0 Å². The first-order chi connectivity index (χ1) is 35.6. The average molecular weight is 973 g/mol. The van der Waals surface area contributed by atoms with Crippen molar-refractivity contribution in [3.8, 4) is 22.3 Å². The predicted molar refractivity (Wildman–Crippen MR) is 318 cm³/mol. The molecule has 2 nitrogen and oxygen atoms in total. The van der Waals surface area contributed by atoms with Gasteiger partial charge < -0.3 is 9.80 Å². The molecule has 0 fully saturated rings. The smallest absolute Gasteiger partial charge is 0.0502 e. The van der Waals surface area contributed by atoms with E-state index in [4.69, 9.17) is 6.58 Å². The summed E-state index contributed by atoms with van der Waals surface area (Å²) in [5.41, 5.74) is 16.4. The maximum absolute atomic E-state index is 5.05. The molecule has 0 amide bonds. The van der Waals surface area contributed by atoms with Gasteiger partial charge in [-0.05, 0) is 152 Å².